The van der Waals surface area contributed by atoms with Crippen LogP contribution in [0.25, 0.3) is 133 Å². The Morgan fingerprint density at radius 2 is 0.639 bits per heavy atom. The van der Waals surface area contributed by atoms with Crippen LogP contribution in [0.15, 0.2) is 261 Å². The second-order valence-corrected chi connectivity index (χ2v) is 18.4. The van der Waals surface area contributed by atoms with Gasteiger partial charge in [0.05, 0.1) is 27.8 Å². The van der Waals surface area contributed by atoms with Crippen LogP contribution in [-0.4, -0.2) is 24.1 Å². The minimum atomic E-state index is 0.617. The van der Waals surface area contributed by atoms with Gasteiger partial charge >= 0.3 is 0 Å². The summed E-state index contributed by atoms with van der Waals surface area (Å²) in [4.78, 5) is 15.5. The van der Waals surface area contributed by atoms with E-state index in [0.717, 1.165) is 61.0 Å². The molecule has 14 aromatic rings. The number of fused-ring (bicyclic) bond motifs is 7. The maximum Gasteiger partial charge on any atom is 0.164 e. The normalized spacial score (nSPS) is 11.6. The summed E-state index contributed by atoms with van der Waals surface area (Å²) in [7, 11) is 0. The monoisotopic (exact) mass is 917 g/mol. The van der Waals surface area contributed by atoms with Crippen LogP contribution in [0, 0.1) is 0 Å². The van der Waals surface area contributed by atoms with Crippen molar-refractivity contribution in [3.63, 3.8) is 0 Å². The highest BCUT2D eigenvalue weighted by Crippen LogP contribution is 2.40. The molecule has 0 spiro atoms. The summed E-state index contributed by atoms with van der Waals surface area (Å²) in [5, 5.41) is 7.14. The second kappa shape index (κ2) is 17.1. The number of para-hydroxylation sites is 4. The summed E-state index contributed by atoms with van der Waals surface area (Å²) in [5.41, 5.74) is 16.6. The highest BCUT2D eigenvalue weighted by molar-refractivity contribution is 6.11. The Morgan fingerprint density at radius 3 is 1.25 bits per heavy atom. The van der Waals surface area contributed by atoms with Gasteiger partial charge in [-0.05, 0) is 99.3 Å². The molecule has 72 heavy (non-hydrogen) atoms. The maximum atomic E-state index is 5.22. The van der Waals surface area contributed by atoms with E-state index in [0.29, 0.717) is 17.5 Å². The number of nitrogens with zero attached hydrogens (tertiary/aromatic N) is 5. The predicted molar refractivity (Wildman–Crippen MR) is 299 cm³/mol. The Labute approximate surface area is 416 Å². The highest BCUT2D eigenvalue weighted by Gasteiger charge is 2.19. The van der Waals surface area contributed by atoms with E-state index in [4.69, 9.17) is 15.0 Å². The number of rotatable bonds is 8. The summed E-state index contributed by atoms with van der Waals surface area (Å²) in [5.74, 6) is 1.86. The van der Waals surface area contributed by atoms with Crippen LogP contribution in [-0.2, 0) is 0 Å². The Kier molecular flexibility index (Phi) is 9.78. The molecule has 0 saturated heterocycles. The van der Waals surface area contributed by atoms with Crippen molar-refractivity contribution in [1.82, 2.24) is 24.1 Å². The fraction of sp³-hybridized carbons (Fsp3) is 0. The van der Waals surface area contributed by atoms with Gasteiger partial charge in [-0.2, -0.15) is 0 Å². The minimum Gasteiger partial charge on any atom is -0.309 e. The standard InChI is InChI=1S/C67H43N5/c1-3-17-44(18-4-1)46-21-15-22-51(40-46)55-38-37-50(43-64(55)72-62-31-13-9-27-58(62)59-28-10-14-32-63(59)72)48-33-34-49-41-53(36-35-47(49)39-48)67-69-65(45-19-5-2-6-20-45)68-66(70-67)52-23-16-24-54(42-52)71-60-29-11-7-25-56(60)57-26-8-12-30-61(57)71/h1-43H. The van der Waals surface area contributed by atoms with Crippen molar-refractivity contribution in [2.24, 2.45) is 0 Å². The van der Waals surface area contributed by atoms with E-state index in [9.17, 15) is 0 Å². The maximum absolute atomic E-state index is 5.22. The van der Waals surface area contributed by atoms with Gasteiger partial charge in [-0.25, -0.2) is 15.0 Å². The summed E-state index contributed by atoms with van der Waals surface area (Å²) in [6, 6.07) is 93.2. The topological polar surface area (TPSA) is 48.5 Å². The van der Waals surface area contributed by atoms with Crippen molar-refractivity contribution in [3.8, 4) is 78.9 Å². The van der Waals surface area contributed by atoms with Gasteiger partial charge in [-0.15, -0.1) is 0 Å². The average molecular weight is 918 g/mol. The lowest BCUT2D eigenvalue weighted by atomic mass is 9.94. The molecule has 0 radical (unpaired) electrons. The SMILES string of the molecule is c1ccc(-c2cccc(-c3ccc(-c4ccc5cc(-c6nc(-c7ccccc7)nc(-c7cccc(-n8c9ccccc9c9ccccc98)c7)n6)ccc5c4)cc3-n3c4ccccc4c4ccccc43)c2)cc1. The molecule has 3 heterocycles. The first-order valence-corrected chi connectivity index (χ1v) is 24.4. The van der Waals surface area contributed by atoms with Gasteiger partial charge < -0.3 is 9.13 Å². The molecular formula is C67H43N5. The Hall–Kier alpha value is -9.71. The number of hydrogen-bond donors (Lipinski definition) is 0. The lowest BCUT2D eigenvalue weighted by Gasteiger charge is -2.17. The molecule has 11 aromatic carbocycles. The molecule has 0 aliphatic rings. The molecule has 336 valence electrons. The second-order valence-electron chi connectivity index (χ2n) is 18.4. The van der Waals surface area contributed by atoms with Crippen molar-refractivity contribution in [2.45, 2.75) is 0 Å². The zero-order valence-corrected chi connectivity index (χ0v) is 39.1. The molecule has 14 rings (SSSR count). The van der Waals surface area contributed by atoms with Crippen molar-refractivity contribution in [1.29, 1.82) is 0 Å². The van der Waals surface area contributed by atoms with Crippen LogP contribution in [0.5, 0.6) is 0 Å². The van der Waals surface area contributed by atoms with Gasteiger partial charge in [0.2, 0.25) is 0 Å². The first-order chi connectivity index (χ1) is 35.7. The lowest BCUT2D eigenvalue weighted by Crippen LogP contribution is -2.01. The zero-order valence-electron chi connectivity index (χ0n) is 39.1. The Balaban J connectivity index is 0.874. The van der Waals surface area contributed by atoms with Gasteiger partial charge in [-0.3, -0.25) is 0 Å². The quantitative estimate of drug-likeness (QED) is 0.153. The van der Waals surface area contributed by atoms with Gasteiger partial charge in [0.25, 0.3) is 0 Å². The molecule has 5 heteroatoms. The number of aromatic nitrogens is 5. The summed E-state index contributed by atoms with van der Waals surface area (Å²) < 4.78 is 4.77. The molecule has 5 nitrogen and oxygen atoms in total. The molecule has 0 N–H and O–H groups in total. The molecule has 0 saturated carbocycles. The highest BCUT2D eigenvalue weighted by atomic mass is 15.0. The Morgan fingerprint density at radius 1 is 0.236 bits per heavy atom. The fourth-order valence-electron chi connectivity index (χ4n) is 10.7. The molecule has 0 atom stereocenters. The zero-order chi connectivity index (χ0) is 47.5. The summed E-state index contributed by atoms with van der Waals surface area (Å²) in [6.07, 6.45) is 0. The molecular weight excluding hydrogens is 875 g/mol. The molecule has 3 aromatic heterocycles. The lowest BCUT2D eigenvalue weighted by molar-refractivity contribution is 1.07. The van der Waals surface area contributed by atoms with Crippen LogP contribution in [0.4, 0.5) is 0 Å². The summed E-state index contributed by atoms with van der Waals surface area (Å²) >= 11 is 0. The van der Waals surface area contributed by atoms with E-state index < -0.39 is 0 Å². The fourth-order valence-corrected chi connectivity index (χ4v) is 10.7. The minimum absolute atomic E-state index is 0.617. The predicted octanol–water partition coefficient (Wildman–Crippen LogP) is 17.2. The van der Waals surface area contributed by atoms with E-state index in [1.807, 2.05) is 18.2 Å². The largest absolute Gasteiger partial charge is 0.309 e. The van der Waals surface area contributed by atoms with Gasteiger partial charge in [0.15, 0.2) is 17.5 Å². The van der Waals surface area contributed by atoms with Crippen LogP contribution in [0.1, 0.15) is 0 Å². The first kappa shape index (κ1) is 41.3. The molecule has 0 fully saturated rings. The summed E-state index contributed by atoms with van der Waals surface area (Å²) in [6.45, 7) is 0. The van der Waals surface area contributed by atoms with Crippen LogP contribution >= 0.6 is 0 Å². The van der Waals surface area contributed by atoms with E-state index in [-0.39, 0.29) is 0 Å². The van der Waals surface area contributed by atoms with Gasteiger partial charge in [0, 0.05) is 49.5 Å². The third-order valence-electron chi connectivity index (χ3n) is 14.1. The van der Waals surface area contributed by atoms with Crippen molar-refractivity contribution in [3.05, 3.63) is 261 Å². The average Bonchev–Trinajstić information content (AvgIpc) is 3.98. The third kappa shape index (κ3) is 7.06. The van der Waals surface area contributed by atoms with E-state index >= 15 is 0 Å². The molecule has 0 aliphatic heterocycles. The van der Waals surface area contributed by atoms with E-state index in [1.165, 1.54) is 54.8 Å². The van der Waals surface area contributed by atoms with Crippen molar-refractivity contribution >= 4 is 54.4 Å². The molecule has 0 amide bonds. The molecule has 0 unspecified atom stereocenters. The van der Waals surface area contributed by atoms with E-state index in [2.05, 4.69) is 252 Å². The molecule has 0 bridgehead atoms. The number of benzene rings is 11. The number of hydrogen-bond acceptors (Lipinski definition) is 3. The van der Waals surface area contributed by atoms with Crippen molar-refractivity contribution in [2.75, 3.05) is 0 Å². The van der Waals surface area contributed by atoms with E-state index in [1.54, 1.807) is 0 Å². The van der Waals surface area contributed by atoms with Gasteiger partial charge in [-0.1, -0.05) is 200 Å². The molecule has 0 aliphatic carbocycles. The third-order valence-corrected chi connectivity index (χ3v) is 14.1. The van der Waals surface area contributed by atoms with Crippen LogP contribution in [0.3, 0.4) is 0 Å². The van der Waals surface area contributed by atoms with Crippen LogP contribution < -0.4 is 0 Å². The van der Waals surface area contributed by atoms with Crippen molar-refractivity contribution < 1.29 is 0 Å². The van der Waals surface area contributed by atoms with Crippen LogP contribution in [0.2, 0.25) is 0 Å². The van der Waals surface area contributed by atoms with Gasteiger partial charge in [0.1, 0.15) is 0 Å². The first-order valence-electron chi connectivity index (χ1n) is 24.4. The smallest absolute Gasteiger partial charge is 0.164 e. The Bertz CT molecular complexity index is 4290.